The van der Waals surface area contributed by atoms with Crippen molar-refractivity contribution >= 4 is 21.6 Å². The van der Waals surface area contributed by atoms with Crippen LogP contribution >= 0.6 is 11.3 Å². The quantitative estimate of drug-likeness (QED) is 0.794. The molecule has 1 atom stereocenters. The van der Waals surface area contributed by atoms with E-state index in [0.717, 1.165) is 24.2 Å². The van der Waals surface area contributed by atoms with Gasteiger partial charge in [-0.3, -0.25) is 0 Å². The van der Waals surface area contributed by atoms with Crippen LogP contribution in [0.4, 0.5) is 0 Å². The Balaban J connectivity index is 2.20. The van der Waals surface area contributed by atoms with Crippen LogP contribution < -0.4 is 5.32 Å². The van der Waals surface area contributed by atoms with E-state index in [1.165, 1.54) is 28.8 Å². The molecule has 3 nitrogen and oxygen atoms in total. The fraction of sp³-hybridized carbons (Fsp3) is 0.647. The molecule has 0 aliphatic carbocycles. The molecule has 4 heteroatoms. The molecule has 0 amide bonds. The Morgan fingerprint density at radius 2 is 2.05 bits per heavy atom. The third-order valence-corrected chi connectivity index (χ3v) is 4.88. The van der Waals surface area contributed by atoms with E-state index in [9.17, 15) is 0 Å². The fourth-order valence-corrected chi connectivity index (χ4v) is 3.64. The van der Waals surface area contributed by atoms with Crippen molar-refractivity contribution in [3.8, 4) is 0 Å². The molecule has 1 N–H and O–H groups in total. The van der Waals surface area contributed by atoms with Gasteiger partial charge in [0.1, 0.15) is 11.2 Å². The van der Waals surface area contributed by atoms with E-state index in [1.807, 2.05) is 0 Å². The van der Waals surface area contributed by atoms with Crippen LogP contribution in [0.15, 0.2) is 12.4 Å². The second kappa shape index (κ2) is 7.85. The number of rotatable bonds is 8. The Bertz CT molecular complexity index is 562. The number of aryl methyl sites for hydroxylation is 1. The second-order valence-electron chi connectivity index (χ2n) is 6.09. The van der Waals surface area contributed by atoms with Gasteiger partial charge >= 0.3 is 0 Å². The first-order valence-electron chi connectivity index (χ1n) is 8.09. The van der Waals surface area contributed by atoms with E-state index >= 15 is 0 Å². The molecule has 2 aromatic heterocycles. The summed E-state index contributed by atoms with van der Waals surface area (Å²) in [6, 6.07) is 2.79. The largest absolute Gasteiger partial charge is 0.314 e. The van der Waals surface area contributed by atoms with Gasteiger partial charge in [0.05, 0.1) is 5.69 Å². The summed E-state index contributed by atoms with van der Waals surface area (Å²) in [5, 5.41) is 4.93. The molecular formula is C17H27N3S. The first-order valence-corrected chi connectivity index (χ1v) is 8.91. The Morgan fingerprint density at radius 3 is 2.71 bits per heavy atom. The van der Waals surface area contributed by atoms with Crippen LogP contribution in [0.3, 0.4) is 0 Å². The lowest BCUT2D eigenvalue weighted by Crippen LogP contribution is -2.33. The van der Waals surface area contributed by atoms with E-state index in [4.69, 9.17) is 0 Å². The molecule has 0 aliphatic heterocycles. The Hall–Kier alpha value is -1.00. The monoisotopic (exact) mass is 305 g/mol. The summed E-state index contributed by atoms with van der Waals surface area (Å²) in [5.41, 5.74) is 1.20. The molecule has 0 aliphatic rings. The molecular weight excluding hydrogens is 278 g/mol. The van der Waals surface area contributed by atoms with Gasteiger partial charge in [-0.2, -0.15) is 0 Å². The summed E-state index contributed by atoms with van der Waals surface area (Å²) < 4.78 is 0. The number of hydrogen-bond acceptors (Lipinski definition) is 4. The molecule has 0 saturated heterocycles. The zero-order valence-corrected chi connectivity index (χ0v) is 14.5. The highest BCUT2D eigenvalue weighted by molar-refractivity contribution is 7.18. The highest BCUT2D eigenvalue weighted by atomic mass is 32.1. The number of thiophene rings is 1. The Morgan fingerprint density at radius 1 is 1.24 bits per heavy atom. The van der Waals surface area contributed by atoms with Gasteiger partial charge in [0, 0.05) is 22.7 Å². The van der Waals surface area contributed by atoms with Gasteiger partial charge in [-0.05, 0) is 37.8 Å². The molecule has 21 heavy (non-hydrogen) atoms. The minimum atomic E-state index is 0.507. The lowest BCUT2D eigenvalue weighted by molar-refractivity contribution is 0.414. The predicted molar refractivity (Wildman–Crippen MR) is 92.0 cm³/mol. The maximum absolute atomic E-state index is 4.57. The molecule has 0 radical (unpaired) electrons. The summed E-state index contributed by atoms with van der Waals surface area (Å²) in [7, 11) is 0. The van der Waals surface area contributed by atoms with Crippen molar-refractivity contribution in [2.24, 2.45) is 5.92 Å². The molecule has 0 aromatic carbocycles. The van der Waals surface area contributed by atoms with E-state index in [0.29, 0.717) is 12.0 Å². The molecule has 1 unspecified atom stereocenters. The minimum Gasteiger partial charge on any atom is -0.314 e. The topological polar surface area (TPSA) is 37.8 Å². The summed E-state index contributed by atoms with van der Waals surface area (Å²) in [5.74, 6) is 0.699. The maximum atomic E-state index is 4.57. The van der Waals surface area contributed by atoms with Crippen LogP contribution in [0, 0.1) is 5.92 Å². The van der Waals surface area contributed by atoms with Crippen LogP contribution in [0.2, 0.25) is 0 Å². The lowest BCUT2D eigenvalue weighted by atomic mass is 9.98. The zero-order valence-electron chi connectivity index (χ0n) is 13.6. The van der Waals surface area contributed by atoms with E-state index in [1.54, 1.807) is 17.7 Å². The second-order valence-corrected chi connectivity index (χ2v) is 7.21. The summed E-state index contributed by atoms with van der Waals surface area (Å²) >= 11 is 1.80. The van der Waals surface area contributed by atoms with Crippen LogP contribution in [-0.4, -0.2) is 22.6 Å². The SMILES string of the molecule is CCCNC(Cc1ncnc2sc(CC)cc12)CC(C)C. The van der Waals surface area contributed by atoms with Crippen LogP contribution in [0.25, 0.3) is 10.2 Å². The Kier molecular flexibility index (Phi) is 6.12. The molecule has 2 aromatic rings. The van der Waals surface area contributed by atoms with Gasteiger partial charge in [-0.25, -0.2) is 9.97 Å². The van der Waals surface area contributed by atoms with Crippen molar-refractivity contribution in [3.63, 3.8) is 0 Å². The number of hydrogen-bond donors (Lipinski definition) is 1. The lowest BCUT2D eigenvalue weighted by Gasteiger charge is -2.20. The Labute approximate surface area is 132 Å². The minimum absolute atomic E-state index is 0.507. The first kappa shape index (κ1) is 16.4. The zero-order chi connectivity index (χ0) is 15.2. The average molecular weight is 305 g/mol. The highest BCUT2D eigenvalue weighted by Gasteiger charge is 2.15. The molecule has 2 heterocycles. The van der Waals surface area contributed by atoms with Gasteiger partial charge in [0.25, 0.3) is 0 Å². The molecule has 0 saturated carbocycles. The van der Waals surface area contributed by atoms with Crippen molar-refractivity contribution in [2.45, 2.75) is 59.4 Å². The van der Waals surface area contributed by atoms with E-state index < -0.39 is 0 Å². The molecule has 116 valence electrons. The highest BCUT2D eigenvalue weighted by Crippen LogP contribution is 2.26. The fourth-order valence-electron chi connectivity index (χ4n) is 2.68. The first-order chi connectivity index (χ1) is 10.1. The summed E-state index contributed by atoms with van der Waals surface area (Å²) in [4.78, 5) is 11.5. The average Bonchev–Trinajstić information content (AvgIpc) is 2.88. The molecule has 0 bridgehead atoms. The normalized spacial score (nSPS) is 13.2. The molecule has 0 fully saturated rings. The smallest absolute Gasteiger partial charge is 0.127 e. The van der Waals surface area contributed by atoms with Gasteiger partial charge in [0.15, 0.2) is 0 Å². The third kappa shape index (κ3) is 4.48. The van der Waals surface area contributed by atoms with Gasteiger partial charge < -0.3 is 5.32 Å². The number of nitrogens with zero attached hydrogens (tertiary/aromatic N) is 2. The number of aromatic nitrogens is 2. The van der Waals surface area contributed by atoms with Crippen LogP contribution in [0.5, 0.6) is 0 Å². The van der Waals surface area contributed by atoms with Crippen LogP contribution in [0.1, 0.15) is 51.1 Å². The van der Waals surface area contributed by atoms with Crippen molar-refractivity contribution < 1.29 is 0 Å². The molecule has 2 rings (SSSR count). The molecule has 0 spiro atoms. The third-order valence-electron chi connectivity index (χ3n) is 3.69. The van der Waals surface area contributed by atoms with Crippen molar-refractivity contribution in [2.75, 3.05) is 6.54 Å². The van der Waals surface area contributed by atoms with Gasteiger partial charge in [-0.1, -0.05) is 27.7 Å². The number of fused-ring (bicyclic) bond motifs is 1. The standard InChI is InChI=1S/C17H27N3S/c1-5-7-18-13(8-12(3)4)9-16-15-10-14(6-2)21-17(15)20-11-19-16/h10-13,18H,5-9H2,1-4H3. The van der Waals surface area contributed by atoms with Crippen molar-refractivity contribution in [1.82, 2.24) is 15.3 Å². The maximum Gasteiger partial charge on any atom is 0.127 e. The van der Waals surface area contributed by atoms with E-state index in [2.05, 4.69) is 49.0 Å². The van der Waals surface area contributed by atoms with Gasteiger partial charge in [-0.15, -0.1) is 11.3 Å². The van der Waals surface area contributed by atoms with E-state index in [-0.39, 0.29) is 0 Å². The van der Waals surface area contributed by atoms with Crippen molar-refractivity contribution in [3.05, 3.63) is 23.0 Å². The summed E-state index contributed by atoms with van der Waals surface area (Å²) in [6.45, 7) is 10.1. The van der Waals surface area contributed by atoms with Crippen molar-refractivity contribution in [1.29, 1.82) is 0 Å². The predicted octanol–water partition coefficient (Wildman–Crippen LogP) is 4.21. The van der Waals surface area contributed by atoms with Gasteiger partial charge in [0.2, 0.25) is 0 Å². The van der Waals surface area contributed by atoms with Crippen LogP contribution in [-0.2, 0) is 12.8 Å². The number of nitrogens with one attached hydrogen (secondary N) is 1. The summed E-state index contributed by atoms with van der Waals surface area (Å²) in [6.07, 6.45) is 6.16.